The Kier molecular flexibility index (Phi) is 2.30. The number of hydrogen-bond acceptors (Lipinski definition) is 1. The summed E-state index contributed by atoms with van der Waals surface area (Å²) in [6, 6.07) is 0. The Morgan fingerprint density at radius 1 is 0.824 bits per heavy atom. The highest BCUT2D eigenvalue weighted by Gasteiger charge is 2.36. The van der Waals surface area contributed by atoms with Crippen molar-refractivity contribution in [2.45, 2.75) is 6.18 Å². The van der Waals surface area contributed by atoms with Gasteiger partial charge in [-0.1, -0.05) is 0 Å². The molecule has 0 bridgehead atoms. The van der Waals surface area contributed by atoms with Gasteiger partial charge < -0.3 is 4.98 Å². The molecule has 17 heavy (non-hydrogen) atoms. The molecule has 0 fully saturated rings. The molecule has 2 rings (SSSR count). The van der Waals surface area contributed by atoms with E-state index in [1.54, 1.807) is 0 Å². The van der Waals surface area contributed by atoms with Crippen LogP contribution in [0.1, 0.15) is 5.82 Å². The largest absolute Gasteiger partial charge is 0.449 e. The first kappa shape index (κ1) is 11.7. The lowest BCUT2D eigenvalue weighted by Gasteiger charge is -1.99. The molecule has 9 heteroatoms. The second-order valence-corrected chi connectivity index (χ2v) is 3.06. The highest BCUT2D eigenvalue weighted by molar-refractivity contribution is 5.77. The molecule has 0 aliphatic heterocycles. The maximum Gasteiger partial charge on any atom is 0.449 e. The van der Waals surface area contributed by atoms with Crippen LogP contribution in [0.5, 0.6) is 0 Å². The van der Waals surface area contributed by atoms with E-state index < -0.39 is 46.3 Å². The van der Waals surface area contributed by atoms with Gasteiger partial charge in [0.15, 0.2) is 23.3 Å². The predicted octanol–water partition coefficient (Wildman–Crippen LogP) is 3.14. The van der Waals surface area contributed by atoms with Crippen LogP contribution >= 0.6 is 0 Å². The third kappa shape index (κ3) is 1.61. The van der Waals surface area contributed by atoms with Gasteiger partial charge in [-0.2, -0.15) is 13.2 Å². The molecule has 2 nitrogen and oxygen atoms in total. The van der Waals surface area contributed by atoms with Crippen molar-refractivity contribution in [2.75, 3.05) is 0 Å². The molecular formula is C8HF7N2. The van der Waals surface area contributed by atoms with E-state index in [9.17, 15) is 30.7 Å². The third-order valence-corrected chi connectivity index (χ3v) is 1.98. The molecule has 1 aromatic carbocycles. The second kappa shape index (κ2) is 3.34. The number of nitrogens with one attached hydrogen (secondary N) is 1. The van der Waals surface area contributed by atoms with Crippen molar-refractivity contribution < 1.29 is 30.7 Å². The lowest BCUT2D eigenvalue weighted by atomic mass is 10.2. The van der Waals surface area contributed by atoms with Gasteiger partial charge in [0.2, 0.25) is 5.82 Å². The van der Waals surface area contributed by atoms with Crippen molar-refractivity contribution in [3.8, 4) is 0 Å². The number of halogens is 7. The van der Waals surface area contributed by atoms with E-state index in [4.69, 9.17) is 0 Å². The Balaban J connectivity index is 2.86. The summed E-state index contributed by atoms with van der Waals surface area (Å²) in [6.45, 7) is 0. The van der Waals surface area contributed by atoms with E-state index in [0.29, 0.717) is 0 Å². The molecule has 0 atom stereocenters. The Labute approximate surface area is 88.1 Å². The number of nitrogens with zero attached hydrogens (tertiary/aromatic N) is 1. The monoisotopic (exact) mass is 258 g/mol. The van der Waals surface area contributed by atoms with Gasteiger partial charge in [0.25, 0.3) is 0 Å². The summed E-state index contributed by atoms with van der Waals surface area (Å²) in [5, 5.41) is 0. The fourth-order valence-electron chi connectivity index (χ4n) is 1.23. The zero-order chi connectivity index (χ0) is 13.0. The SMILES string of the molecule is Fc1c(F)c(F)c2[nH]c(C(F)(F)F)nc2c1F. The van der Waals surface area contributed by atoms with Crippen molar-refractivity contribution in [3.05, 3.63) is 29.1 Å². The van der Waals surface area contributed by atoms with E-state index in [1.165, 1.54) is 4.98 Å². The highest BCUT2D eigenvalue weighted by Crippen LogP contribution is 2.31. The Morgan fingerprint density at radius 2 is 1.35 bits per heavy atom. The number of hydrogen-bond donors (Lipinski definition) is 1. The number of rotatable bonds is 0. The maximum atomic E-state index is 13.0. The lowest BCUT2D eigenvalue weighted by Crippen LogP contribution is -2.06. The second-order valence-electron chi connectivity index (χ2n) is 3.06. The quantitative estimate of drug-likeness (QED) is 0.439. The molecule has 0 aliphatic carbocycles. The summed E-state index contributed by atoms with van der Waals surface area (Å²) in [4.78, 5) is 4.00. The molecule has 1 aromatic heterocycles. The summed E-state index contributed by atoms with van der Waals surface area (Å²) in [5.41, 5.74) is -2.41. The van der Waals surface area contributed by atoms with Crippen molar-refractivity contribution >= 4 is 11.0 Å². The fraction of sp³-hybridized carbons (Fsp3) is 0.125. The Hall–Kier alpha value is -1.80. The van der Waals surface area contributed by atoms with Crippen LogP contribution in [0.15, 0.2) is 0 Å². The van der Waals surface area contributed by atoms with E-state index >= 15 is 0 Å². The van der Waals surface area contributed by atoms with E-state index in [0.717, 1.165) is 0 Å². The van der Waals surface area contributed by atoms with Gasteiger partial charge in [-0.3, -0.25) is 0 Å². The van der Waals surface area contributed by atoms with Gasteiger partial charge in [-0.05, 0) is 0 Å². The average Bonchev–Trinajstić information content (AvgIpc) is 2.67. The van der Waals surface area contributed by atoms with Gasteiger partial charge in [0, 0.05) is 0 Å². The fourth-order valence-corrected chi connectivity index (χ4v) is 1.23. The minimum absolute atomic E-state index is 1.17. The molecular weight excluding hydrogens is 257 g/mol. The maximum absolute atomic E-state index is 13.0. The summed E-state index contributed by atoms with van der Waals surface area (Å²) < 4.78 is 87.9. The van der Waals surface area contributed by atoms with Crippen LogP contribution in [0.25, 0.3) is 11.0 Å². The molecule has 2 aromatic rings. The minimum atomic E-state index is -5.01. The lowest BCUT2D eigenvalue weighted by molar-refractivity contribution is -0.144. The third-order valence-electron chi connectivity index (χ3n) is 1.98. The van der Waals surface area contributed by atoms with Crippen molar-refractivity contribution in [3.63, 3.8) is 0 Å². The van der Waals surface area contributed by atoms with Crippen LogP contribution in [-0.4, -0.2) is 9.97 Å². The number of aromatic nitrogens is 2. The Morgan fingerprint density at radius 3 is 1.88 bits per heavy atom. The molecule has 92 valence electrons. The zero-order valence-electron chi connectivity index (χ0n) is 7.59. The van der Waals surface area contributed by atoms with Crippen LogP contribution in [0.2, 0.25) is 0 Å². The minimum Gasteiger partial charge on any atom is -0.332 e. The van der Waals surface area contributed by atoms with Gasteiger partial charge in [-0.25, -0.2) is 22.5 Å². The summed E-state index contributed by atoms with van der Waals surface area (Å²) in [6.07, 6.45) is -5.01. The van der Waals surface area contributed by atoms with Crippen LogP contribution in [0.4, 0.5) is 30.7 Å². The molecule has 0 saturated heterocycles. The summed E-state index contributed by atoms with van der Waals surface area (Å²) in [7, 11) is 0. The molecule has 0 unspecified atom stereocenters. The van der Waals surface area contributed by atoms with Crippen LogP contribution in [-0.2, 0) is 6.18 Å². The first-order chi connectivity index (χ1) is 7.73. The number of alkyl halides is 3. The average molecular weight is 258 g/mol. The molecule has 0 radical (unpaired) electrons. The van der Waals surface area contributed by atoms with Gasteiger partial charge in [0.1, 0.15) is 11.0 Å². The van der Waals surface area contributed by atoms with Crippen LogP contribution < -0.4 is 0 Å². The number of aromatic amines is 1. The van der Waals surface area contributed by atoms with Crippen molar-refractivity contribution in [1.29, 1.82) is 0 Å². The summed E-state index contributed by atoms with van der Waals surface area (Å²) in [5.74, 6) is -10.1. The smallest absolute Gasteiger partial charge is 0.332 e. The van der Waals surface area contributed by atoms with Gasteiger partial charge in [-0.15, -0.1) is 0 Å². The molecule has 0 saturated carbocycles. The van der Waals surface area contributed by atoms with E-state index in [-0.39, 0.29) is 0 Å². The standard InChI is InChI=1S/C8HF7N2/c9-1-2(10)4(12)6-5(3(1)11)16-7(17-6)8(13,14)15/h(H,16,17). The molecule has 1 N–H and O–H groups in total. The molecule has 0 spiro atoms. The molecule has 0 amide bonds. The zero-order valence-corrected chi connectivity index (χ0v) is 7.59. The summed E-state index contributed by atoms with van der Waals surface area (Å²) >= 11 is 0. The number of fused-ring (bicyclic) bond motifs is 1. The normalized spacial score (nSPS) is 12.4. The Bertz CT molecular complexity index is 553. The van der Waals surface area contributed by atoms with Gasteiger partial charge >= 0.3 is 6.18 Å². The molecule has 1 heterocycles. The first-order valence-corrected chi connectivity index (χ1v) is 4.02. The highest BCUT2D eigenvalue weighted by atomic mass is 19.4. The predicted molar refractivity (Wildman–Crippen MR) is 40.9 cm³/mol. The van der Waals surface area contributed by atoms with Crippen LogP contribution in [0, 0.1) is 23.3 Å². The topological polar surface area (TPSA) is 28.7 Å². The number of H-pyrrole nitrogens is 1. The number of benzene rings is 1. The van der Waals surface area contributed by atoms with E-state index in [1.807, 2.05) is 0 Å². The van der Waals surface area contributed by atoms with Crippen molar-refractivity contribution in [1.82, 2.24) is 9.97 Å². The first-order valence-electron chi connectivity index (χ1n) is 4.02. The van der Waals surface area contributed by atoms with E-state index in [2.05, 4.69) is 4.98 Å². The van der Waals surface area contributed by atoms with Crippen LogP contribution in [0.3, 0.4) is 0 Å². The number of imidazole rings is 1. The molecule has 0 aliphatic rings. The van der Waals surface area contributed by atoms with Crippen molar-refractivity contribution in [2.24, 2.45) is 0 Å². The van der Waals surface area contributed by atoms with Gasteiger partial charge in [0.05, 0.1) is 0 Å².